The fourth-order valence-corrected chi connectivity index (χ4v) is 7.35. The smallest absolute Gasteiger partial charge is 0.306 e. The Bertz CT molecular complexity index is 1550. The van der Waals surface area contributed by atoms with Gasteiger partial charge >= 0.3 is 17.9 Å². The predicted molar refractivity (Wildman–Crippen MR) is 306 cm³/mol. The highest BCUT2D eigenvalue weighted by atomic mass is 16.6. The monoisotopic (exact) mass is 981 g/mol. The number of unbranched alkanes of at least 4 members (excludes halogenated alkanes) is 17. The summed E-state index contributed by atoms with van der Waals surface area (Å²) in [6.45, 7) is 6.38. The van der Waals surface area contributed by atoms with Gasteiger partial charge in [-0.25, -0.2) is 0 Å². The van der Waals surface area contributed by atoms with Gasteiger partial charge in [-0.15, -0.1) is 0 Å². The number of carbonyl (C=O) groups is 3. The van der Waals surface area contributed by atoms with E-state index in [2.05, 4.69) is 154 Å². The van der Waals surface area contributed by atoms with Crippen molar-refractivity contribution >= 4 is 17.9 Å². The SMILES string of the molecule is CC/C=C\C/C=C\C/C=C\C/C=C\C/C=C\C/C=C\C/C=C\C/C=C\C/C=C\CCCCCC(=O)OCC(COC(=O)CCCCCCCCCCC)OC(=O)CCCCCCC/C=C\C/C=C\CCC. The van der Waals surface area contributed by atoms with Gasteiger partial charge < -0.3 is 14.2 Å². The Labute approximate surface area is 436 Å². The molecule has 0 aliphatic carbocycles. The molecule has 71 heavy (non-hydrogen) atoms. The summed E-state index contributed by atoms with van der Waals surface area (Å²) >= 11 is 0. The van der Waals surface area contributed by atoms with Crippen molar-refractivity contribution in [2.45, 2.75) is 245 Å². The summed E-state index contributed by atoms with van der Waals surface area (Å²) in [6.07, 6.45) is 81.7. The molecule has 400 valence electrons. The molecule has 0 amide bonds. The fourth-order valence-electron chi connectivity index (χ4n) is 7.35. The molecule has 0 saturated heterocycles. The fraction of sp³-hybridized carbons (Fsp3) is 0.615. The van der Waals surface area contributed by atoms with Crippen molar-refractivity contribution < 1.29 is 28.6 Å². The van der Waals surface area contributed by atoms with Crippen LogP contribution in [0.1, 0.15) is 239 Å². The second-order valence-electron chi connectivity index (χ2n) is 18.5. The Morgan fingerprint density at radius 3 is 0.930 bits per heavy atom. The molecule has 0 fully saturated rings. The third-order valence-electron chi connectivity index (χ3n) is 11.6. The van der Waals surface area contributed by atoms with Crippen LogP contribution in [-0.4, -0.2) is 37.2 Å². The molecule has 6 nitrogen and oxygen atoms in total. The first-order chi connectivity index (χ1) is 35.0. The first-order valence-corrected chi connectivity index (χ1v) is 28.7. The van der Waals surface area contributed by atoms with Crippen LogP contribution < -0.4 is 0 Å². The molecule has 0 N–H and O–H groups in total. The molecular weight excluding hydrogens is 877 g/mol. The number of hydrogen-bond donors (Lipinski definition) is 0. The number of ether oxygens (including phenoxy) is 3. The van der Waals surface area contributed by atoms with Crippen LogP contribution in [0.3, 0.4) is 0 Å². The molecule has 0 spiro atoms. The normalized spacial score (nSPS) is 13.1. The van der Waals surface area contributed by atoms with Crippen molar-refractivity contribution in [2.75, 3.05) is 13.2 Å². The molecule has 0 heterocycles. The summed E-state index contributed by atoms with van der Waals surface area (Å²) in [6, 6.07) is 0. The minimum atomic E-state index is -0.800. The molecule has 0 aromatic carbocycles. The summed E-state index contributed by atoms with van der Waals surface area (Å²) in [5.41, 5.74) is 0. The molecule has 6 heteroatoms. The molecule has 0 aromatic rings. The van der Waals surface area contributed by atoms with E-state index in [0.717, 1.165) is 154 Å². The maximum atomic E-state index is 12.8. The molecule has 0 aliphatic rings. The van der Waals surface area contributed by atoms with Gasteiger partial charge in [0.05, 0.1) is 0 Å². The lowest BCUT2D eigenvalue weighted by Gasteiger charge is -2.18. The number of allylic oxidation sites excluding steroid dienone is 22. The molecule has 1 unspecified atom stereocenters. The molecule has 0 bridgehead atoms. The quantitative estimate of drug-likeness (QED) is 0.0262. The lowest BCUT2D eigenvalue weighted by atomic mass is 10.1. The van der Waals surface area contributed by atoms with E-state index >= 15 is 0 Å². The zero-order valence-electron chi connectivity index (χ0n) is 45.7. The molecule has 0 radical (unpaired) electrons. The third-order valence-corrected chi connectivity index (χ3v) is 11.6. The van der Waals surface area contributed by atoms with Crippen LogP contribution in [0.2, 0.25) is 0 Å². The van der Waals surface area contributed by atoms with Gasteiger partial charge in [0.1, 0.15) is 13.2 Å². The molecule has 0 rings (SSSR count). The summed E-state index contributed by atoms with van der Waals surface area (Å²) in [4.78, 5) is 38.0. The van der Waals surface area contributed by atoms with Crippen LogP contribution in [0.4, 0.5) is 0 Å². The van der Waals surface area contributed by atoms with Gasteiger partial charge in [-0.1, -0.05) is 238 Å². The lowest BCUT2D eigenvalue weighted by molar-refractivity contribution is -0.167. The maximum Gasteiger partial charge on any atom is 0.306 e. The molecule has 0 saturated carbocycles. The van der Waals surface area contributed by atoms with Gasteiger partial charge in [0, 0.05) is 19.3 Å². The zero-order valence-corrected chi connectivity index (χ0v) is 45.7. The van der Waals surface area contributed by atoms with Crippen LogP contribution in [0, 0.1) is 0 Å². The van der Waals surface area contributed by atoms with Crippen molar-refractivity contribution in [3.05, 3.63) is 134 Å². The van der Waals surface area contributed by atoms with E-state index in [9.17, 15) is 14.4 Å². The highest BCUT2D eigenvalue weighted by Crippen LogP contribution is 2.13. The maximum absolute atomic E-state index is 12.8. The molecule has 1 atom stereocenters. The Hall–Kier alpha value is -4.45. The van der Waals surface area contributed by atoms with E-state index in [1.807, 2.05) is 0 Å². The van der Waals surface area contributed by atoms with Gasteiger partial charge in [-0.3, -0.25) is 14.4 Å². The average Bonchev–Trinajstić information content (AvgIpc) is 3.37. The van der Waals surface area contributed by atoms with Crippen LogP contribution in [-0.2, 0) is 28.6 Å². The van der Waals surface area contributed by atoms with E-state index in [4.69, 9.17) is 14.2 Å². The number of esters is 3. The molecule has 0 aromatic heterocycles. The second-order valence-corrected chi connectivity index (χ2v) is 18.5. The summed E-state index contributed by atoms with van der Waals surface area (Å²) in [5, 5.41) is 0. The van der Waals surface area contributed by atoms with E-state index in [0.29, 0.717) is 19.3 Å². The molecule has 0 aliphatic heterocycles. The highest BCUT2D eigenvalue weighted by molar-refractivity contribution is 5.71. The Kier molecular flexibility index (Phi) is 54.5. The van der Waals surface area contributed by atoms with Gasteiger partial charge in [0.2, 0.25) is 0 Å². The number of rotatable bonds is 50. The van der Waals surface area contributed by atoms with Gasteiger partial charge in [-0.05, 0) is 116 Å². The van der Waals surface area contributed by atoms with Crippen molar-refractivity contribution in [3.8, 4) is 0 Å². The van der Waals surface area contributed by atoms with E-state index < -0.39 is 6.10 Å². The minimum absolute atomic E-state index is 0.0967. The number of carbonyl (C=O) groups excluding carboxylic acids is 3. The topological polar surface area (TPSA) is 78.9 Å². The largest absolute Gasteiger partial charge is 0.462 e. The highest BCUT2D eigenvalue weighted by Gasteiger charge is 2.19. The second kappa shape index (κ2) is 58.1. The van der Waals surface area contributed by atoms with Gasteiger partial charge in [-0.2, -0.15) is 0 Å². The van der Waals surface area contributed by atoms with Gasteiger partial charge in [0.15, 0.2) is 6.10 Å². The number of hydrogen-bond acceptors (Lipinski definition) is 6. The first kappa shape index (κ1) is 66.6. The van der Waals surface area contributed by atoms with Crippen molar-refractivity contribution in [1.29, 1.82) is 0 Å². The third kappa shape index (κ3) is 56.3. The van der Waals surface area contributed by atoms with E-state index in [1.54, 1.807) is 0 Å². The summed E-state index contributed by atoms with van der Waals surface area (Å²) in [7, 11) is 0. The Morgan fingerprint density at radius 1 is 0.296 bits per heavy atom. The van der Waals surface area contributed by atoms with Crippen LogP contribution in [0.25, 0.3) is 0 Å². The van der Waals surface area contributed by atoms with Crippen molar-refractivity contribution in [2.24, 2.45) is 0 Å². The van der Waals surface area contributed by atoms with E-state index in [1.165, 1.54) is 44.9 Å². The Morgan fingerprint density at radius 2 is 0.577 bits per heavy atom. The molecular formula is C65H104O6. The van der Waals surface area contributed by atoms with Crippen LogP contribution in [0.15, 0.2) is 134 Å². The Balaban J connectivity index is 4.30. The van der Waals surface area contributed by atoms with E-state index in [-0.39, 0.29) is 31.1 Å². The van der Waals surface area contributed by atoms with Crippen molar-refractivity contribution in [1.82, 2.24) is 0 Å². The lowest BCUT2D eigenvalue weighted by Crippen LogP contribution is -2.30. The standard InChI is InChI=1S/C65H104O6/c1-4-7-10-13-16-19-21-23-24-25-26-27-28-29-30-31-32-33-34-35-36-37-38-39-40-42-43-46-49-52-55-58-64(67)70-61-62(60-69-63(66)57-54-51-48-45-18-15-12-9-6-3)71-65(68)59-56-53-50-47-44-41-22-20-17-14-11-8-5-2/h7,10-11,14,16,19-20,22-24,26-27,29-30,32-33,35-36,38-39,42-43,62H,4-6,8-9,12-13,15,17-18,21,25,28,31,34,37,40-41,44-61H2,1-3H3/b10-7-,14-11-,19-16-,22-20-,24-23-,27-26-,30-29-,33-32-,36-35-,39-38-,43-42-. The predicted octanol–water partition coefficient (Wildman–Crippen LogP) is 19.4. The van der Waals surface area contributed by atoms with Crippen LogP contribution in [0.5, 0.6) is 0 Å². The zero-order chi connectivity index (χ0) is 51.4. The van der Waals surface area contributed by atoms with Gasteiger partial charge in [0.25, 0.3) is 0 Å². The van der Waals surface area contributed by atoms with Crippen molar-refractivity contribution in [3.63, 3.8) is 0 Å². The minimum Gasteiger partial charge on any atom is -0.462 e. The average molecular weight is 982 g/mol. The van der Waals surface area contributed by atoms with Crippen LogP contribution >= 0.6 is 0 Å². The first-order valence-electron chi connectivity index (χ1n) is 28.7. The summed E-state index contributed by atoms with van der Waals surface area (Å²) in [5.74, 6) is -0.955. The summed E-state index contributed by atoms with van der Waals surface area (Å²) < 4.78 is 16.7.